The summed E-state index contributed by atoms with van der Waals surface area (Å²) in [6.07, 6.45) is 1.79. The van der Waals surface area contributed by atoms with Crippen molar-refractivity contribution in [2.75, 3.05) is 13.7 Å². The van der Waals surface area contributed by atoms with Gasteiger partial charge in [0.2, 0.25) is 0 Å². The van der Waals surface area contributed by atoms with Crippen molar-refractivity contribution in [3.8, 4) is 5.75 Å². The van der Waals surface area contributed by atoms with Gasteiger partial charge in [-0.3, -0.25) is 9.69 Å². The van der Waals surface area contributed by atoms with Gasteiger partial charge in [0.25, 0.3) is 5.91 Å². The van der Waals surface area contributed by atoms with Crippen LogP contribution in [0, 0.1) is 5.82 Å². The van der Waals surface area contributed by atoms with Crippen LogP contribution >= 0.6 is 15.9 Å². The highest BCUT2D eigenvalue weighted by atomic mass is 79.9. The van der Waals surface area contributed by atoms with E-state index in [9.17, 15) is 9.18 Å². The Bertz CT molecular complexity index is 946. The van der Waals surface area contributed by atoms with Crippen LogP contribution in [0.5, 0.6) is 5.75 Å². The highest BCUT2D eigenvalue weighted by molar-refractivity contribution is 9.10. The van der Waals surface area contributed by atoms with Crippen LogP contribution < -0.4 is 10.5 Å². The summed E-state index contributed by atoms with van der Waals surface area (Å²) in [6, 6.07) is 10.1. The number of hydrogen-bond donors (Lipinski definition) is 1. The molecule has 2 N–H and O–H groups in total. The summed E-state index contributed by atoms with van der Waals surface area (Å²) in [5.41, 5.74) is 6.92. The lowest BCUT2D eigenvalue weighted by Crippen LogP contribution is -2.41. The number of benzene rings is 2. The number of amides is 1. The zero-order valence-corrected chi connectivity index (χ0v) is 15.7. The van der Waals surface area contributed by atoms with Crippen LogP contribution in [-0.2, 0) is 16.8 Å². The number of fused-ring (bicyclic) bond motifs is 1. The molecule has 7 heteroatoms. The van der Waals surface area contributed by atoms with Gasteiger partial charge in [-0.15, -0.1) is 0 Å². The number of likely N-dealkylation sites (N-methyl/N-ethyl adjacent to an activating group) is 1. The number of aliphatic imine (C=N–C) groups is 1. The van der Waals surface area contributed by atoms with Gasteiger partial charge in [-0.1, -0.05) is 12.1 Å². The Hall–Kier alpha value is -2.41. The third-order valence-electron chi connectivity index (χ3n) is 4.90. The summed E-state index contributed by atoms with van der Waals surface area (Å²) >= 11 is 3.20. The first-order valence-electron chi connectivity index (χ1n) is 8.28. The zero-order valence-electron chi connectivity index (χ0n) is 14.1. The van der Waals surface area contributed by atoms with Gasteiger partial charge in [0.1, 0.15) is 11.6 Å². The molecule has 1 amide bonds. The summed E-state index contributed by atoms with van der Waals surface area (Å²) in [4.78, 5) is 19.0. The van der Waals surface area contributed by atoms with Crippen molar-refractivity contribution in [3.63, 3.8) is 0 Å². The quantitative estimate of drug-likeness (QED) is 0.816. The zero-order chi connectivity index (χ0) is 18.5. The maximum atomic E-state index is 13.8. The first-order chi connectivity index (χ1) is 12.4. The van der Waals surface area contributed by atoms with Crippen LogP contribution in [0.15, 0.2) is 45.9 Å². The van der Waals surface area contributed by atoms with Crippen molar-refractivity contribution in [2.45, 2.75) is 18.4 Å². The maximum Gasteiger partial charge on any atom is 0.266 e. The normalized spacial score (nSPS) is 22.0. The molecule has 2 aliphatic heterocycles. The van der Waals surface area contributed by atoms with Crippen molar-refractivity contribution >= 4 is 27.8 Å². The van der Waals surface area contributed by atoms with Crippen molar-refractivity contribution in [1.82, 2.24) is 4.90 Å². The van der Waals surface area contributed by atoms with Gasteiger partial charge in [-0.2, -0.15) is 0 Å². The van der Waals surface area contributed by atoms with E-state index < -0.39 is 11.4 Å². The lowest BCUT2D eigenvalue weighted by atomic mass is 9.81. The molecule has 0 spiro atoms. The second-order valence-corrected chi connectivity index (χ2v) is 7.30. The predicted octanol–water partition coefficient (Wildman–Crippen LogP) is 2.94. The van der Waals surface area contributed by atoms with Crippen LogP contribution in [0.4, 0.5) is 4.39 Å². The monoisotopic (exact) mass is 417 g/mol. The number of ether oxygens (including phenoxy) is 1. The molecule has 1 atom stereocenters. The molecular weight excluding hydrogens is 401 g/mol. The second kappa shape index (κ2) is 6.09. The lowest BCUT2D eigenvalue weighted by molar-refractivity contribution is -0.129. The Kier molecular flexibility index (Phi) is 3.99. The van der Waals surface area contributed by atoms with Crippen LogP contribution in [0.25, 0.3) is 0 Å². The third-order valence-corrected chi connectivity index (χ3v) is 5.51. The molecule has 26 heavy (non-hydrogen) atoms. The van der Waals surface area contributed by atoms with E-state index in [1.54, 1.807) is 19.2 Å². The van der Waals surface area contributed by atoms with Gasteiger partial charge < -0.3 is 10.5 Å². The Labute approximate surface area is 158 Å². The van der Waals surface area contributed by atoms with E-state index in [0.29, 0.717) is 17.7 Å². The van der Waals surface area contributed by atoms with E-state index in [-0.39, 0.29) is 16.3 Å². The van der Waals surface area contributed by atoms with Crippen LogP contribution in [0.2, 0.25) is 0 Å². The first-order valence-corrected chi connectivity index (χ1v) is 9.08. The Morgan fingerprint density at radius 1 is 1.27 bits per heavy atom. The number of nitrogens with two attached hydrogens (primary N) is 1. The van der Waals surface area contributed by atoms with Crippen molar-refractivity contribution in [3.05, 3.63) is 63.4 Å². The van der Waals surface area contributed by atoms with E-state index in [0.717, 1.165) is 24.2 Å². The molecule has 0 aliphatic carbocycles. The van der Waals surface area contributed by atoms with E-state index in [2.05, 4.69) is 20.9 Å². The third kappa shape index (κ3) is 2.41. The molecule has 2 aliphatic rings. The van der Waals surface area contributed by atoms with Crippen molar-refractivity contribution in [2.24, 2.45) is 10.7 Å². The Balaban J connectivity index is 1.95. The van der Waals surface area contributed by atoms with Crippen LogP contribution in [-0.4, -0.2) is 30.4 Å². The molecule has 0 saturated carbocycles. The van der Waals surface area contributed by atoms with E-state index in [1.165, 1.54) is 11.0 Å². The Morgan fingerprint density at radius 3 is 2.69 bits per heavy atom. The number of rotatable bonds is 2. The highest BCUT2D eigenvalue weighted by Gasteiger charge is 2.49. The molecule has 0 saturated heterocycles. The van der Waals surface area contributed by atoms with E-state index in [1.807, 2.05) is 18.2 Å². The van der Waals surface area contributed by atoms with Gasteiger partial charge in [0.15, 0.2) is 11.5 Å². The van der Waals surface area contributed by atoms with Crippen molar-refractivity contribution < 1.29 is 13.9 Å². The molecule has 0 radical (unpaired) electrons. The number of halogens is 2. The molecule has 2 heterocycles. The minimum absolute atomic E-state index is 0.129. The van der Waals surface area contributed by atoms with Gasteiger partial charge in [-0.05, 0) is 69.7 Å². The van der Waals surface area contributed by atoms with Gasteiger partial charge in [0, 0.05) is 7.05 Å². The topological polar surface area (TPSA) is 67.9 Å². The summed E-state index contributed by atoms with van der Waals surface area (Å²) in [5.74, 6) is 0.277. The molecule has 5 nitrogen and oxygen atoms in total. The molecule has 2 aromatic rings. The molecule has 0 fully saturated rings. The average Bonchev–Trinajstić information content (AvgIpc) is 2.88. The fourth-order valence-electron chi connectivity index (χ4n) is 3.49. The van der Waals surface area contributed by atoms with Gasteiger partial charge in [-0.25, -0.2) is 9.38 Å². The second-order valence-electron chi connectivity index (χ2n) is 6.45. The van der Waals surface area contributed by atoms with Crippen LogP contribution in [0.3, 0.4) is 0 Å². The summed E-state index contributed by atoms with van der Waals surface area (Å²) in [7, 11) is 1.59. The molecule has 4 rings (SSSR count). The van der Waals surface area contributed by atoms with E-state index >= 15 is 0 Å². The molecule has 134 valence electrons. The number of aryl methyl sites for hydroxylation is 1. The fourth-order valence-corrected chi connectivity index (χ4v) is 3.87. The fraction of sp³-hybridized carbons (Fsp3) is 0.263. The molecular formula is C19H17BrFN3O2. The number of guanidine groups is 1. The first kappa shape index (κ1) is 17.0. The minimum atomic E-state index is -1.33. The molecule has 0 bridgehead atoms. The molecule has 2 aromatic carbocycles. The number of carbonyl (C=O) groups is 1. The van der Waals surface area contributed by atoms with Gasteiger partial charge in [0.05, 0.1) is 11.1 Å². The summed E-state index contributed by atoms with van der Waals surface area (Å²) in [5, 5.41) is 0. The highest BCUT2D eigenvalue weighted by Crippen LogP contribution is 2.42. The largest absolute Gasteiger partial charge is 0.493 e. The number of nitrogens with zero attached hydrogens (tertiary/aromatic N) is 2. The van der Waals surface area contributed by atoms with E-state index in [4.69, 9.17) is 10.5 Å². The maximum absolute atomic E-state index is 13.8. The van der Waals surface area contributed by atoms with Gasteiger partial charge >= 0.3 is 0 Å². The minimum Gasteiger partial charge on any atom is -0.493 e. The number of hydrogen-bond acceptors (Lipinski definition) is 4. The average molecular weight is 418 g/mol. The van der Waals surface area contributed by atoms with Crippen LogP contribution in [0.1, 0.15) is 23.1 Å². The molecule has 1 unspecified atom stereocenters. The summed E-state index contributed by atoms with van der Waals surface area (Å²) < 4.78 is 19.7. The SMILES string of the molecule is CN1C(=O)C(c2ccc(F)c(Br)c2)(c2ccc3c(c2)CCCO3)N=C1N. The smallest absolute Gasteiger partial charge is 0.266 e. The summed E-state index contributed by atoms with van der Waals surface area (Å²) in [6.45, 7) is 0.690. The van der Waals surface area contributed by atoms with Crippen molar-refractivity contribution in [1.29, 1.82) is 0 Å². The lowest BCUT2D eigenvalue weighted by Gasteiger charge is -2.28. The molecule has 0 aromatic heterocycles. The Morgan fingerprint density at radius 2 is 2.00 bits per heavy atom. The predicted molar refractivity (Wildman–Crippen MR) is 99.5 cm³/mol. The standard InChI is InChI=1S/C19H17BrFN3O2/c1-24-17(25)19(23-18(24)22,13-4-6-15(21)14(20)10-13)12-5-7-16-11(9-12)3-2-8-26-16/h4-7,9-10H,2-3,8H2,1H3,(H2,22,23). The number of carbonyl (C=O) groups excluding carboxylic acids is 1.